The minimum atomic E-state index is -4.25. The summed E-state index contributed by atoms with van der Waals surface area (Å²) in [6.45, 7) is 1.36. The first-order valence-corrected chi connectivity index (χ1v) is 14.0. The van der Waals surface area contributed by atoms with Gasteiger partial charge in [-0.2, -0.15) is 0 Å². The molecule has 0 bridgehead atoms. The molecule has 0 aliphatic carbocycles. The zero-order chi connectivity index (χ0) is 25.3. The maximum absolute atomic E-state index is 11.7. The van der Waals surface area contributed by atoms with Crippen molar-refractivity contribution in [2.24, 2.45) is 5.73 Å². The molecule has 8 nitrogen and oxygen atoms in total. The number of hydrogen-bond donors (Lipinski definition) is 3. The highest BCUT2D eigenvalue weighted by Gasteiger charge is 2.22. The van der Waals surface area contributed by atoms with Crippen molar-refractivity contribution in [2.75, 3.05) is 26.4 Å². The average molecular weight is 504 g/mol. The van der Waals surface area contributed by atoms with Gasteiger partial charge >= 0.3 is 13.8 Å². The summed E-state index contributed by atoms with van der Waals surface area (Å²) in [5.74, 6) is -0.438. The Bertz CT molecular complexity index is 622. The predicted octanol–water partition coefficient (Wildman–Crippen LogP) is 5.35. The molecule has 0 aliphatic heterocycles. The van der Waals surface area contributed by atoms with E-state index in [4.69, 9.17) is 10.5 Å². The van der Waals surface area contributed by atoms with Crippen molar-refractivity contribution >= 4 is 13.8 Å². The van der Waals surface area contributed by atoms with Crippen LogP contribution >= 0.6 is 7.82 Å². The number of allylic oxidation sites excluding steroid dienone is 6. The number of phosphoric acid groups is 1. The Balaban J connectivity index is 3.63. The van der Waals surface area contributed by atoms with Crippen molar-refractivity contribution in [3.63, 3.8) is 0 Å². The number of unbranched alkanes of at least 4 members (excludes halogenated alkanes) is 7. The van der Waals surface area contributed by atoms with E-state index in [1.165, 1.54) is 44.9 Å². The summed E-state index contributed by atoms with van der Waals surface area (Å²) in [6, 6.07) is 0. The van der Waals surface area contributed by atoms with Crippen molar-refractivity contribution in [1.82, 2.24) is 0 Å². The van der Waals surface area contributed by atoms with Crippen LogP contribution in [0.3, 0.4) is 0 Å². The number of aliphatic hydroxyl groups excluding tert-OH is 1. The molecule has 0 saturated carbocycles. The average Bonchev–Trinajstić information content (AvgIpc) is 2.82. The SMILES string of the molecule is CCCCCCCC/C=C\C/C=C\C/C=C\CCCC(=O)OC[C@@H](O)COP(=O)(O)OCCN. The first-order chi connectivity index (χ1) is 16.4. The second kappa shape index (κ2) is 23.5. The van der Waals surface area contributed by atoms with Crippen LogP contribution in [0.1, 0.15) is 84.0 Å². The number of nitrogens with two attached hydrogens (primary N) is 1. The standard InChI is InChI=1S/C25H46NO7P/c1-2-3-4-5-6-7-8-9-10-11-12-13-14-15-16-17-18-19-25(28)31-22-24(27)23-33-34(29,30)32-21-20-26/h9-10,12-13,15-16,24,27H,2-8,11,14,17-23,26H2,1H3,(H,29,30)/b10-9-,13-12-,16-15-/t24-/m1/s1. The van der Waals surface area contributed by atoms with E-state index >= 15 is 0 Å². The molecule has 0 radical (unpaired) electrons. The molecule has 0 fully saturated rings. The molecule has 9 heteroatoms. The monoisotopic (exact) mass is 503 g/mol. The van der Waals surface area contributed by atoms with Crippen LogP contribution in [0.2, 0.25) is 0 Å². The number of hydrogen-bond acceptors (Lipinski definition) is 7. The highest BCUT2D eigenvalue weighted by Crippen LogP contribution is 2.42. The lowest BCUT2D eigenvalue weighted by atomic mass is 10.1. The number of aliphatic hydroxyl groups is 1. The zero-order valence-corrected chi connectivity index (χ0v) is 21.7. The van der Waals surface area contributed by atoms with Crippen molar-refractivity contribution < 1.29 is 33.1 Å². The third-order valence-electron chi connectivity index (χ3n) is 4.76. The number of phosphoric ester groups is 1. The second-order valence-electron chi connectivity index (χ2n) is 8.06. The molecule has 0 aliphatic rings. The summed E-state index contributed by atoms with van der Waals surface area (Å²) in [6.07, 6.45) is 24.3. The highest BCUT2D eigenvalue weighted by atomic mass is 31.2. The lowest BCUT2D eigenvalue weighted by Crippen LogP contribution is -2.23. The Labute approximate surface area is 205 Å². The highest BCUT2D eigenvalue weighted by molar-refractivity contribution is 7.47. The van der Waals surface area contributed by atoms with E-state index in [-0.39, 0.29) is 26.2 Å². The summed E-state index contributed by atoms with van der Waals surface area (Å²) >= 11 is 0. The fourth-order valence-corrected chi connectivity index (χ4v) is 3.65. The van der Waals surface area contributed by atoms with Gasteiger partial charge in [0.2, 0.25) is 0 Å². The summed E-state index contributed by atoms with van der Waals surface area (Å²) in [5.41, 5.74) is 5.16. The van der Waals surface area contributed by atoms with Gasteiger partial charge in [-0.05, 0) is 38.5 Å². The lowest BCUT2D eigenvalue weighted by Gasteiger charge is -2.15. The van der Waals surface area contributed by atoms with Gasteiger partial charge in [-0.15, -0.1) is 0 Å². The van der Waals surface area contributed by atoms with Gasteiger partial charge in [-0.1, -0.05) is 75.5 Å². The van der Waals surface area contributed by atoms with Gasteiger partial charge in [0.15, 0.2) is 0 Å². The predicted molar refractivity (Wildman–Crippen MR) is 136 cm³/mol. The van der Waals surface area contributed by atoms with E-state index in [0.29, 0.717) is 6.42 Å². The maximum Gasteiger partial charge on any atom is 0.472 e. The normalized spacial score (nSPS) is 14.8. The third-order valence-corrected chi connectivity index (χ3v) is 5.74. The van der Waals surface area contributed by atoms with Gasteiger partial charge in [0.25, 0.3) is 0 Å². The van der Waals surface area contributed by atoms with E-state index in [2.05, 4.69) is 46.4 Å². The second-order valence-corrected chi connectivity index (χ2v) is 9.51. The van der Waals surface area contributed by atoms with E-state index in [0.717, 1.165) is 19.3 Å². The van der Waals surface area contributed by atoms with Gasteiger partial charge in [0, 0.05) is 13.0 Å². The molecule has 0 heterocycles. The zero-order valence-electron chi connectivity index (χ0n) is 20.8. The van der Waals surface area contributed by atoms with Crippen molar-refractivity contribution in [3.05, 3.63) is 36.5 Å². The summed E-state index contributed by atoms with van der Waals surface area (Å²) < 4.78 is 25.5. The molecule has 34 heavy (non-hydrogen) atoms. The maximum atomic E-state index is 11.7. The van der Waals surface area contributed by atoms with Crippen LogP contribution in [0.4, 0.5) is 0 Å². The number of carbonyl (C=O) groups excluding carboxylic acids is 1. The molecule has 0 rings (SSSR count). The molecule has 0 saturated heterocycles. The van der Waals surface area contributed by atoms with Gasteiger partial charge < -0.3 is 20.5 Å². The summed E-state index contributed by atoms with van der Waals surface area (Å²) in [7, 11) is -4.25. The molecule has 198 valence electrons. The van der Waals surface area contributed by atoms with E-state index in [9.17, 15) is 19.4 Å². The first kappa shape index (κ1) is 32.7. The number of rotatable bonds is 23. The Kier molecular flexibility index (Phi) is 22.6. The smallest absolute Gasteiger partial charge is 0.463 e. The molecular formula is C25H46NO7P. The van der Waals surface area contributed by atoms with E-state index in [1.54, 1.807) is 0 Å². The van der Waals surface area contributed by atoms with Gasteiger partial charge in [-0.25, -0.2) is 4.57 Å². The van der Waals surface area contributed by atoms with Crippen LogP contribution in [0, 0.1) is 0 Å². The van der Waals surface area contributed by atoms with Gasteiger partial charge in [0.05, 0.1) is 13.2 Å². The third kappa shape index (κ3) is 23.9. The minimum absolute atomic E-state index is 0.0664. The quantitative estimate of drug-likeness (QED) is 0.0736. The number of carbonyl (C=O) groups is 1. The van der Waals surface area contributed by atoms with Crippen LogP contribution in [0.5, 0.6) is 0 Å². The molecular weight excluding hydrogens is 457 g/mol. The topological polar surface area (TPSA) is 128 Å². The number of ether oxygens (including phenoxy) is 1. The molecule has 0 aromatic rings. The Morgan fingerprint density at radius 3 is 2.12 bits per heavy atom. The van der Waals surface area contributed by atoms with Crippen molar-refractivity contribution in [3.8, 4) is 0 Å². The molecule has 2 atom stereocenters. The van der Waals surface area contributed by atoms with Crippen LogP contribution in [-0.4, -0.2) is 48.4 Å². The fraction of sp³-hybridized carbons (Fsp3) is 0.720. The minimum Gasteiger partial charge on any atom is -0.463 e. The number of esters is 1. The summed E-state index contributed by atoms with van der Waals surface area (Å²) in [4.78, 5) is 21.0. The Morgan fingerprint density at radius 2 is 1.47 bits per heavy atom. The van der Waals surface area contributed by atoms with Gasteiger partial charge in [-0.3, -0.25) is 13.8 Å². The van der Waals surface area contributed by atoms with Crippen molar-refractivity contribution in [2.45, 2.75) is 90.1 Å². The first-order valence-electron chi connectivity index (χ1n) is 12.5. The molecule has 4 N–H and O–H groups in total. The largest absolute Gasteiger partial charge is 0.472 e. The fourth-order valence-electron chi connectivity index (χ4n) is 2.88. The van der Waals surface area contributed by atoms with Gasteiger partial charge in [0.1, 0.15) is 12.7 Å². The molecule has 0 amide bonds. The van der Waals surface area contributed by atoms with E-state index in [1.807, 2.05) is 6.08 Å². The molecule has 0 spiro atoms. The van der Waals surface area contributed by atoms with Crippen LogP contribution in [0.15, 0.2) is 36.5 Å². The lowest BCUT2D eigenvalue weighted by molar-refractivity contribution is -0.147. The van der Waals surface area contributed by atoms with Crippen LogP contribution in [0.25, 0.3) is 0 Å². The van der Waals surface area contributed by atoms with Crippen LogP contribution < -0.4 is 5.73 Å². The summed E-state index contributed by atoms with van der Waals surface area (Å²) in [5, 5.41) is 9.67. The Morgan fingerprint density at radius 1 is 0.882 bits per heavy atom. The molecule has 0 aromatic carbocycles. The molecule has 1 unspecified atom stereocenters. The van der Waals surface area contributed by atoms with Crippen molar-refractivity contribution in [1.29, 1.82) is 0 Å². The Hall–Kier alpha value is -1.28. The van der Waals surface area contributed by atoms with Crippen LogP contribution in [-0.2, 0) is 23.1 Å². The molecule has 0 aromatic heterocycles. The van der Waals surface area contributed by atoms with E-state index < -0.39 is 26.5 Å².